The van der Waals surface area contributed by atoms with Gasteiger partial charge in [0.2, 0.25) is 0 Å². The van der Waals surface area contributed by atoms with E-state index in [4.69, 9.17) is 10.5 Å². The molecule has 7 heteroatoms. The SMILES string of the molecule is COC(=O)OC(=O)C(C)(N)C1(CCOC(C)=O)CCCCC1. The second kappa shape index (κ2) is 7.58. The van der Waals surface area contributed by atoms with Gasteiger partial charge in [0.1, 0.15) is 5.54 Å². The van der Waals surface area contributed by atoms with Crippen LogP contribution in [0, 0.1) is 5.41 Å². The van der Waals surface area contributed by atoms with Crippen molar-refractivity contribution < 1.29 is 28.6 Å². The van der Waals surface area contributed by atoms with Crippen LogP contribution in [0.5, 0.6) is 0 Å². The normalized spacial score (nSPS) is 19.6. The van der Waals surface area contributed by atoms with Crippen molar-refractivity contribution in [1.29, 1.82) is 0 Å². The summed E-state index contributed by atoms with van der Waals surface area (Å²) < 4.78 is 14.0. The number of esters is 2. The number of nitrogens with two attached hydrogens (primary N) is 1. The van der Waals surface area contributed by atoms with Gasteiger partial charge in [0.15, 0.2) is 0 Å². The number of methoxy groups -OCH3 is 1. The average Bonchev–Trinajstić information content (AvgIpc) is 2.47. The molecule has 1 fully saturated rings. The van der Waals surface area contributed by atoms with E-state index < -0.39 is 23.1 Å². The van der Waals surface area contributed by atoms with Crippen LogP contribution in [0.15, 0.2) is 0 Å². The lowest BCUT2D eigenvalue weighted by atomic mass is 9.61. The smallest absolute Gasteiger partial charge is 0.466 e. The average molecular weight is 315 g/mol. The molecule has 1 aliphatic rings. The predicted molar refractivity (Wildman–Crippen MR) is 77.9 cm³/mol. The van der Waals surface area contributed by atoms with Gasteiger partial charge < -0.3 is 19.9 Å². The summed E-state index contributed by atoms with van der Waals surface area (Å²) in [5, 5.41) is 0. The van der Waals surface area contributed by atoms with Crippen LogP contribution in [0.4, 0.5) is 4.79 Å². The summed E-state index contributed by atoms with van der Waals surface area (Å²) in [6.45, 7) is 3.09. The Morgan fingerprint density at radius 3 is 2.27 bits per heavy atom. The first-order valence-corrected chi connectivity index (χ1v) is 7.48. The lowest BCUT2D eigenvalue weighted by Crippen LogP contribution is -2.61. The van der Waals surface area contributed by atoms with Crippen molar-refractivity contribution in [2.75, 3.05) is 13.7 Å². The Hall–Kier alpha value is -1.63. The zero-order chi connectivity index (χ0) is 16.8. The maximum Gasteiger partial charge on any atom is 0.515 e. The zero-order valence-electron chi connectivity index (χ0n) is 13.5. The summed E-state index contributed by atoms with van der Waals surface area (Å²) in [4.78, 5) is 34.4. The summed E-state index contributed by atoms with van der Waals surface area (Å²) in [6, 6.07) is 0. The van der Waals surface area contributed by atoms with Crippen LogP contribution in [0.3, 0.4) is 0 Å². The quantitative estimate of drug-likeness (QED) is 0.610. The van der Waals surface area contributed by atoms with Gasteiger partial charge in [0, 0.05) is 12.3 Å². The van der Waals surface area contributed by atoms with Crippen molar-refractivity contribution in [2.24, 2.45) is 11.1 Å². The number of hydrogen-bond donors (Lipinski definition) is 1. The number of ether oxygens (including phenoxy) is 3. The fraction of sp³-hybridized carbons (Fsp3) is 0.800. The van der Waals surface area contributed by atoms with Crippen molar-refractivity contribution in [3.8, 4) is 0 Å². The molecule has 0 spiro atoms. The monoisotopic (exact) mass is 315 g/mol. The van der Waals surface area contributed by atoms with Crippen LogP contribution in [0.25, 0.3) is 0 Å². The Morgan fingerprint density at radius 1 is 1.18 bits per heavy atom. The first-order chi connectivity index (χ1) is 10.2. The summed E-state index contributed by atoms with van der Waals surface area (Å²) in [5.41, 5.74) is 4.34. The molecule has 1 aliphatic carbocycles. The fourth-order valence-electron chi connectivity index (χ4n) is 3.09. The molecule has 0 amide bonds. The third kappa shape index (κ3) is 4.19. The Balaban J connectivity index is 2.90. The van der Waals surface area contributed by atoms with Gasteiger partial charge in [-0.1, -0.05) is 19.3 Å². The van der Waals surface area contributed by atoms with Gasteiger partial charge in [-0.15, -0.1) is 0 Å². The lowest BCUT2D eigenvalue weighted by molar-refractivity contribution is -0.153. The van der Waals surface area contributed by atoms with Crippen LogP contribution in [-0.2, 0) is 23.8 Å². The van der Waals surface area contributed by atoms with Crippen molar-refractivity contribution in [1.82, 2.24) is 0 Å². The van der Waals surface area contributed by atoms with Gasteiger partial charge in [-0.05, 0) is 26.2 Å². The van der Waals surface area contributed by atoms with Crippen LogP contribution in [-0.4, -0.2) is 37.3 Å². The third-order valence-corrected chi connectivity index (χ3v) is 4.57. The van der Waals surface area contributed by atoms with Crippen molar-refractivity contribution >= 4 is 18.1 Å². The molecule has 0 bridgehead atoms. The van der Waals surface area contributed by atoms with Crippen LogP contribution in [0.1, 0.15) is 52.4 Å². The molecule has 1 atom stereocenters. The van der Waals surface area contributed by atoms with Gasteiger partial charge >= 0.3 is 18.1 Å². The second-order valence-electron chi connectivity index (χ2n) is 5.98. The molecule has 0 radical (unpaired) electrons. The van der Waals surface area contributed by atoms with E-state index in [9.17, 15) is 14.4 Å². The number of hydrogen-bond acceptors (Lipinski definition) is 7. The first kappa shape index (κ1) is 18.4. The fourth-order valence-corrected chi connectivity index (χ4v) is 3.09. The van der Waals surface area contributed by atoms with E-state index in [0.717, 1.165) is 39.2 Å². The van der Waals surface area contributed by atoms with Gasteiger partial charge in [-0.3, -0.25) is 4.79 Å². The number of rotatable bonds is 5. The molecule has 1 saturated carbocycles. The van der Waals surface area contributed by atoms with E-state index in [1.807, 2.05) is 0 Å². The predicted octanol–water partition coefficient (Wildman–Crippen LogP) is 1.92. The van der Waals surface area contributed by atoms with Crippen LogP contribution < -0.4 is 5.73 Å². The lowest BCUT2D eigenvalue weighted by Gasteiger charge is -2.46. The second-order valence-corrected chi connectivity index (χ2v) is 5.98. The largest absolute Gasteiger partial charge is 0.515 e. The Morgan fingerprint density at radius 2 is 1.77 bits per heavy atom. The molecule has 7 nitrogen and oxygen atoms in total. The van der Waals surface area contributed by atoms with Gasteiger partial charge in [-0.2, -0.15) is 0 Å². The summed E-state index contributed by atoms with van der Waals surface area (Å²) >= 11 is 0. The molecule has 22 heavy (non-hydrogen) atoms. The highest BCUT2D eigenvalue weighted by atomic mass is 16.7. The molecule has 0 aliphatic heterocycles. The molecule has 0 aromatic rings. The maximum absolute atomic E-state index is 12.3. The van der Waals surface area contributed by atoms with Gasteiger partial charge in [-0.25, -0.2) is 9.59 Å². The molecule has 0 aromatic heterocycles. The topological polar surface area (TPSA) is 105 Å². The Kier molecular flexibility index (Phi) is 6.34. The first-order valence-electron chi connectivity index (χ1n) is 7.48. The van der Waals surface area contributed by atoms with Crippen molar-refractivity contribution in [2.45, 2.75) is 57.9 Å². The standard InChI is InChI=1S/C15H25NO6/c1-11(17)21-10-9-15(7-5-4-6-8-15)14(2,16)12(18)22-13(19)20-3/h4-10,16H2,1-3H3. The van der Waals surface area contributed by atoms with Crippen LogP contribution in [0.2, 0.25) is 0 Å². The van der Waals surface area contributed by atoms with Gasteiger partial charge in [0.05, 0.1) is 13.7 Å². The molecule has 0 saturated heterocycles. The maximum atomic E-state index is 12.3. The molecule has 126 valence electrons. The molecule has 1 unspecified atom stereocenters. The highest BCUT2D eigenvalue weighted by Crippen LogP contribution is 2.47. The minimum atomic E-state index is -1.36. The van der Waals surface area contributed by atoms with E-state index in [1.54, 1.807) is 6.92 Å². The number of carbonyl (C=O) groups is 3. The molecule has 0 heterocycles. The number of carbonyl (C=O) groups excluding carboxylic acids is 3. The third-order valence-electron chi connectivity index (χ3n) is 4.57. The molecular formula is C15H25NO6. The Labute approximate surface area is 130 Å². The minimum absolute atomic E-state index is 0.188. The molecular weight excluding hydrogens is 290 g/mol. The highest BCUT2D eigenvalue weighted by Gasteiger charge is 2.52. The zero-order valence-corrected chi connectivity index (χ0v) is 13.5. The Bertz CT molecular complexity index is 426. The van der Waals surface area contributed by atoms with E-state index in [0.29, 0.717) is 6.42 Å². The van der Waals surface area contributed by atoms with Crippen LogP contribution >= 0.6 is 0 Å². The highest BCUT2D eigenvalue weighted by molar-refractivity contribution is 5.89. The van der Waals surface area contributed by atoms with E-state index in [2.05, 4.69) is 9.47 Å². The van der Waals surface area contributed by atoms with Crippen molar-refractivity contribution in [3.63, 3.8) is 0 Å². The van der Waals surface area contributed by atoms with E-state index >= 15 is 0 Å². The molecule has 0 aromatic carbocycles. The minimum Gasteiger partial charge on any atom is -0.466 e. The summed E-state index contributed by atoms with van der Waals surface area (Å²) in [6.07, 6.45) is 3.74. The van der Waals surface area contributed by atoms with E-state index in [1.165, 1.54) is 6.92 Å². The summed E-state index contributed by atoms with van der Waals surface area (Å²) in [7, 11) is 1.13. The molecule has 2 N–H and O–H groups in total. The van der Waals surface area contributed by atoms with E-state index in [-0.39, 0.29) is 12.6 Å². The molecule has 1 rings (SSSR count). The van der Waals surface area contributed by atoms with Gasteiger partial charge in [0.25, 0.3) is 0 Å². The summed E-state index contributed by atoms with van der Waals surface area (Å²) in [5.74, 6) is -1.19. The van der Waals surface area contributed by atoms with Crippen molar-refractivity contribution in [3.05, 3.63) is 0 Å².